The minimum Gasteiger partial charge on any atom is -0.496 e. The highest BCUT2D eigenvalue weighted by molar-refractivity contribution is 5.98. The van der Waals surface area contributed by atoms with Crippen LogP contribution in [-0.2, 0) is 9.53 Å². The standard InChI is InChI=1S/C16H21NO4/c1-10(2)14(16(19)21-5)11(3)17-15(18)12-8-6-7-9-13(12)20-4/h6-10,14H,3H2,1-2,4-5H3,(H,17,18). The van der Waals surface area contributed by atoms with E-state index in [-0.39, 0.29) is 11.8 Å². The van der Waals surface area contributed by atoms with Gasteiger partial charge in [-0.2, -0.15) is 0 Å². The lowest BCUT2D eigenvalue weighted by atomic mass is 9.93. The number of hydrogen-bond donors (Lipinski definition) is 1. The molecule has 1 aromatic carbocycles. The van der Waals surface area contributed by atoms with Crippen molar-refractivity contribution in [3.8, 4) is 5.75 Å². The monoisotopic (exact) mass is 291 g/mol. The van der Waals surface area contributed by atoms with E-state index < -0.39 is 11.9 Å². The molecule has 0 heterocycles. The zero-order chi connectivity index (χ0) is 16.0. The molecule has 0 spiro atoms. The third-order valence-electron chi connectivity index (χ3n) is 3.12. The molecule has 21 heavy (non-hydrogen) atoms. The summed E-state index contributed by atoms with van der Waals surface area (Å²) >= 11 is 0. The molecule has 0 bridgehead atoms. The van der Waals surface area contributed by atoms with Gasteiger partial charge in [-0.15, -0.1) is 0 Å². The molecule has 0 fully saturated rings. The fourth-order valence-corrected chi connectivity index (χ4v) is 2.07. The van der Waals surface area contributed by atoms with Gasteiger partial charge in [0.25, 0.3) is 5.91 Å². The van der Waals surface area contributed by atoms with Crippen LogP contribution in [0.2, 0.25) is 0 Å². The Bertz CT molecular complexity index is 537. The Kier molecular flexibility index (Phi) is 5.96. The van der Waals surface area contributed by atoms with Crippen molar-refractivity contribution in [3.63, 3.8) is 0 Å². The van der Waals surface area contributed by atoms with Gasteiger partial charge in [0.2, 0.25) is 0 Å². The molecule has 0 saturated heterocycles. The molecule has 1 atom stereocenters. The summed E-state index contributed by atoms with van der Waals surface area (Å²) in [5.41, 5.74) is 0.696. The molecule has 0 aliphatic carbocycles. The van der Waals surface area contributed by atoms with E-state index in [0.29, 0.717) is 17.0 Å². The maximum absolute atomic E-state index is 12.3. The second-order valence-corrected chi connectivity index (χ2v) is 4.92. The summed E-state index contributed by atoms with van der Waals surface area (Å²) in [6.07, 6.45) is 0. The molecule has 0 aliphatic heterocycles. The van der Waals surface area contributed by atoms with Gasteiger partial charge in [-0.05, 0) is 18.1 Å². The highest BCUT2D eigenvalue weighted by Gasteiger charge is 2.27. The number of methoxy groups -OCH3 is 2. The van der Waals surface area contributed by atoms with Gasteiger partial charge < -0.3 is 14.8 Å². The predicted molar refractivity (Wildman–Crippen MR) is 79.9 cm³/mol. The number of carbonyl (C=O) groups is 2. The Morgan fingerprint density at radius 1 is 1.19 bits per heavy atom. The van der Waals surface area contributed by atoms with Crippen LogP contribution in [0.1, 0.15) is 24.2 Å². The lowest BCUT2D eigenvalue weighted by molar-refractivity contribution is -0.145. The summed E-state index contributed by atoms with van der Waals surface area (Å²) in [7, 11) is 2.80. The van der Waals surface area contributed by atoms with Crippen molar-refractivity contribution >= 4 is 11.9 Å². The SMILES string of the molecule is C=C(NC(=O)c1ccccc1OC)C(C(=O)OC)C(C)C. The summed E-state index contributed by atoms with van der Waals surface area (Å²) < 4.78 is 9.89. The zero-order valence-electron chi connectivity index (χ0n) is 12.8. The number of nitrogens with one attached hydrogen (secondary N) is 1. The molecule has 1 N–H and O–H groups in total. The minimum absolute atomic E-state index is 0.0390. The van der Waals surface area contributed by atoms with Crippen LogP contribution in [-0.4, -0.2) is 26.1 Å². The second kappa shape index (κ2) is 7.47. The number of esters is 1. The van der Waals surface area contributed by atoms with Crippen LogP contribution in [0, 0.1) is 11.8 Å². The van der Waals surface area contributed by atoms with E-state index in [1.54, 1.807) is 24.3 Å². The molecule has 114 valence electrons. The van der Waals surface area contributed by atoms with Crippen LogP contribution in [0.4, 0.5) is 0 Å². The Labute approximate surface area is 124 Å². The van der Waals surface area contributed by atoms with Gasteiger partial charge in [-0.3, -0.25) is 9.59 Å². The Hall–Kier alpha value is -2.30. The van der Waals surface area contributed by atoms with E-state index in [9.17, 15) is 9.59 Å². The predicted octanol–water partition coefficient (Wildman–Crippen LogP) is 2.38. The van der Waals surface area contributed by atoms with Crippen molar-refractivity contribution in [2.45, 2.75) is 13.8 Å². The van der Waals surface area contributed by atoms with E-state index in [0.717, 1.165) is 0 Å². The molecular formula is C16H21NO4. The molecular weight excluding hydrogens is 270 g/mol. The first kappa shape index (κ1) is 16.8. The normalized spacial score (nSPS) is 11.7. The Morgan fingerprint density at radius 3 is 2.33 bits per heavy atom. The molecule has 0 saturated carbocycles. The number of ether oxygens (including phenoxy) is 2. The van der Waals surface area contributed by atoms with Crippen LogP contribution in [0.15, 0.2) is 36.5 Å². The molecule has 0 aromatic heterocycles. The van der Waals surface area contributed by atoms with Crippen LogP contribution in [0.25, 0.3) is 0 Å². The van der Waals surface area contributed by atoms with Gasteiger partial charge in [0.05, 0.1) is 25.7 Å². The van der Waals surface area contributed by atoms with E-state index in [1.807, 2.05) is 13.8 Å². The highest BCUT2D eigenvalue weighted by Crippen LogP contribution is 2.21. The number of rotatable bonds is 6. The van der Waals surface area contributed by atoms with E-state index in [1.165, 1.54) is 14.2 Å². The van der Waals surface area contributed by atoms with Crippen LogP contribution < -0.4 is 10.1 Å². The number of para-hydroxylation sites is 1. The topological polar surface area (TPSA) is 64.6 Å². The van der Waals surface area contributed by atoms with Gasteiger partial charge in [-0.1, -0.05) is 32.6 Å². The minimum atomic E-state index is -0.589. The fourth-order valence-electron chi connectivity index (χ4n) is 2.07. The van der Waals surface area contributed by atoms with Crippen LogP contribution in [0.5, 0.6) is 5.75 Å². The van der Waals surface area contributed by atoms with Crippen molar-refractivity contribution in [1.29, 1.82) is 0 Å². The third-order valence-corrected chi connectivity index (χ3v) is 3.12. The Morgan fingerprint density at radius 2 is 1.81 bits per heavy atom. The second-order valence-electron chi connectivity index (χ2n) is 4.92. The van der Waals surface area contributed by atoms with Gasteiger partial charge in [0, 0.05) is 5.70 Å². The number of hydrogen-bond acceptors (Lipinski definition) is 4. The largest absolute Gasteiger partial charge is 0.496 e. The highest BCUT2D eigenvalue weighted by atomic mass is 16.5. The first-order chi connectivity index (χ1) is 9.92. The molecule has 0 aliphatic rings. The van der Waals surface area contributed by atoms with Crippen molar-refractivity contribution in [2.75, 3.05) is 14.2 Å². The van der Waals surface area contributed by atoms with Crippen molar-refractivity contribution in [3.05, 3.63) is 42.1 Å². The van der Waals surface area contributed by atoms with Crippen LogP contribution >= 0.6 is 0 Å². The average molecular weight is 291 g/mol. The first-order valence-electron chi connectivity index (χ1n) is 6.63. The van der Waals surface area contributed by atoms with Gasteiger partial charge >= 0.3 is 5.97 Å². The lowest BCUT2D eigenvalue weighted by Gasteiger charge is -2.21. The Balaban J connectivity index is 2.91. The number of benzene rings is 1. The molecule has 1 amide bonds. The lowest BCUT2D eigenvalue weighted by Crippen LogP contribution is -2.33. The molecule has 1 rings (SSSR count). The van der Waals surface area contributed by atoms with Crippen molar-refractivity contribution in [2.24, 2.45) is 11.8 Å². The average Bonchev–Trinajstić information content (AvgIpc) is 2.46. The molecule has 1 aromatic rings. The maximum atomic E-state index is 12.3. The van der Waals surface area contributed by atoms with Gasteiger partial charge in [0.15, 0.2) is 0 Å². The molecule has 5 heteroatoms. The summed E-state index contributed by atoms with van der Waals surface area (Å²) in [5.74, 6) is -0.958. The summed E-state index contributed by atoms with van der Waals surface area (Å²) in [5, 5.41) is 2.65. The molecule has 5 nitrogen and oxygen atoms in total. The van der Waals surface area contributed by atoms with E-state index >= 15 is 0 Å². The fraction of sp³-hybridized carbons (Fsp3) is 0.375. The molecule has 1 unspecified atom stereocenters. The zero-order valence-corrected chi connectivity index (χ0v) is 12.8. The summed E-state index contributed by atoms with van der Waals surface area (Å²) in [4.78, 5) is 24.0. The summed E-state index contributed by atoms with van der Waals surface area (Å²) in [6.45, 7) is 7.52. The number of amides is 1. The smallest absolute Gasteiger partial charge is 0.314 e. The van der Waals surface area contributed by atoms with Gasteiger partial charge in [-0.25, -0.2) is 0 Å². The maximum Gasteiger partial charge on any atom is 0.314 e. The van der Waals surface area contributed by atoms with E-state index in [4.69, 9.17) is 9.47 Å². The first-order valence-corrected chi connectivity index (χ1v) is 6.63. The summed E-state index contributed by atoms with van der Waals surface area (Å²) in [6, 6.07) is 6.85. The number of carbonyl (C=O) groups excluding carboxylic acids is 2. The third kappa shape index (κ3) is 4.08. The van der Waals surface area contributed by atoms with Gasteiger partial charge in [0.1, 0.15) is 5.75 Å². The van der Waals surface area contributed by atoms with Crippen molar-refractivity contribution < 1.29 is 19.1 Å². The van der Waals surface area contributed by atoms with E-state index in [2.05, 4.69) is 11.9 Å². The van der Waals surface area contributed by atoms with Crippen LogP contribution in [0.3, 0.4) is 0 Å². The van der Waals surface area contributed by atoms with Crippen molar-refractivity contribution in [1.82, 2.24) is 5.32 Å². The molecule has 0 radical (unpaired) electrons. The quantitative estimate of drug-likeness (QED) is 0.817.